The Labute approximate surface area is 101 Å². The highest BCUT2D eigenvalue weighted by Crippen LogP contribution is 2.19. The number of methoxy groups -OCH3 is 1. The molecule has 0 spiro atoms. The number of rotatable bonds is 1. The van der Waals surface area contributed by atoms with Gasteiger partial charge in [-0.1, -0.05) is 6.08 Å². The van der Waals surface area contributed by atoms with Crippen molar-refractivity contribution in [2.45, 2.75) is 45.3 Å². The maximum absolute atomic E-state index is 11.9. The van der Waals surface area contributed by atoms with E-state index in [1.54, 1.807) is 27.0 Å². The van der Waals surface area contributed by atoms with Crippen LogP contribution in [0.1, 0.15) is 33.6 Å². The lowest BCUT2D eigenvalue weighted by molar-refractivity contribution is -0.146. The number of carbonyl (C=O) groups is 2. The molecule has 1 amide bonds. The van der Waals surface area contributed by atoms with Crippen LogP contribution in [0.4, 0.5) is 4.79 Å². The van der Waals surface area contributed by atoms with Gasteiger partial charge in [0.15, 0.2) is 0 Å². The van der Waals surface area contributed by atoms with E-state index in [2.05, 4.69) is 4.74 Å². The van der Waals surface area contributed by atoms with E-state index in [0.717, 1.165) is 6.42 Å². The van der Waals surface area contributed by atoms with Gasteiger partial charge in [0.2, 0.25) is 0 Å². The maximum atomic E-state index is 11.9. The summed E-state index contributed by atoms with van der Waals surface area (Å²) in [6, 6.07) is -0.583. The molecule has 5 heteroatoms. The number of nitrogens with zero attached hydrogens (tertiary/aromatic N) is 1. The van der Waals surface area contributed by atoms with Gasteiger partial charge < -0.3 is 9.47 Å². The molecule has 0 saturated carbocycles. The molecule has 0 aromatic rings. The van der Waals surface area contributed by atoms with Gasteiger partial charge >= 0.3 is 12.1 Å². The molecule has 17 heavy (non-hydrogen) atoms. The predicted octanol–water partition coefficient (Wildman–Crippen LogP) is 2.07. The van der Waals surface area contributed by atoms with Crippen LogP contribution in [0.15, 0.2) is 12.3 Å². The molecule has 1 atom stereocenters. The Morgan fingerprint density at radius 2 is 2.00 bits per heavy atom. The van der Waals surface area contributed by atoms with Gasteiger partial charge in [-0.15, -0.1) is 0 Å². The molecule has 5 nitrogen and oxygen atoms in total. The Bertz CT molecular complexity index is 330. The van der Waals surface area contributed by atoms with E-state index in [0.29, 0.717) is 6.42 Å². The summed E-state index contributed by atoms with van der Waals surface area (Å²) in [6.45, 7) is 5.35. The lowest BCUT2D eigenvalue weighted by atomic mass is 10.1. The molecular weight excluding hydrogens is 222 g/mol. The van der Waals surface area contributed by atoms with Gasteiger partial charge in [0.1, 0.15) is 11.6 Å². The number of ether oxygens (including phenoxy) is 2. The minimum absolute atomic E-state index is 0.416. The maximum Gasteiger partial charge on any atom is 0.415 e. The third kappa shape index (κ3) is 3.76. The SMILES string of the molecule is COC(=O)[C@@H]1CCC=CN1C(=O)OC(C)(C)C. The van der Waals surface area contributed by atoms with Crippen LogP contribution in [0.25, 0.3) is 0 Å². The van der Waals surface area contributed by atoms with Crippen LogP contribution in [-0.2, 0) is 14.3 Å². The van der Waals surface area contributed by atoms with E-state index in [9.17, 15) is 9.59 Å². The van der Waals surface area contributed by atoms with Gasteiger partial charge in [-0.2, -0.15) is 0 Å². The van der Waals surface area contributed by atoms with Gasteiger partial charge in [-0.25, -0.2) is 9.59 Å². The smallest absolute Gasteiger partial charge is 0.415 e. The summed E-state index contributed by atoms with van der Waals surface area (Å²) in [6.07, 6.45) is 4.20. The molecule has 0 aromatic heterocycles. The van der Waals surface area contributed by atoms with Crippen LogP contribution in [0.3, 0.4) is 0 Å². The van der Waals surface area contributed by atoms with Crippen molar-refractivity contribution in [2.75, 3.05) is 7.11 Å². The highest BCUT2D eigenvalue weighted by molar-refractivity contribution is 5.82. The van der Waals surface area contributed by atoms with Crippen LogP contribution in [0.2, 0.25) is 0 Å². The molecule has 96 valence electrons. The molecule has 0 saturated heterocycles. The molecule has 1 heterocycles. The molecule has 0 unspecified atom stereocenters. The molecule has 0 radical (unpaired) electrons. The fourth-order valence-electron chi connectivity index (χ4n) is 1.56. The Balaban J connectivity index is 2.78. The van der Waals surface area contributed by atoms with Gasteiger partial charge in [-0.05, 0) is 33.6 Å². The quantitative estimate of drug-likeness (QED) is 0.659. The third-order valence-electron chi connectivity index (χ3n) is 2.29. The minimum Gasteiger partial charge on any atom is -0.467 e. The zero-order chi connectivity index (χ0) is 13.1. The third-order valence-corrected chi connectivity index (χ3v) is 2.29. The summed E-state index contributed by atoms with van der Waals surface area (Å²) in [5.74, 6) is -0.416. The summed E-state index contributed by atoms with van der Waals surface area (Å²) in [7, 11) is 1.31. The van der Waals surface area contributed by atoms with Crippen molar-refractivity contribution >= 4 is 12.1 Å². The Hall–Kier alpha value is -1.52. The van der Waals surface area contributed by atoms with Crippen molar-refractivity contribution in [1.29, 1.82) is 0 Å². The normalized spacial score (nSPS) is 20.0. The minimum atomic E-state index is -0.583. The number of allylic oxidation sites excluding steroid dienone is 1. The van der Waals surface area contributed by atoms with E-state index in [4.69, 9.17) is 4.74 Å². The molecule has 1 aliphatic heterocycles. The first-order valence-electron chi connectivity index (χ1n) is 5.61. The van der Waals surface area contributed by atoms with Gasteiger partial charge in [0.05, 0.1) is 7.11 Å². The molecule has 0 aromatic carbocycles. The second kappa shape index (κ2) is 5.21. The number of esters is 1. The summed E-state index contributed by atoms with van der Waals surface area (Å²) in [4.78, 5) is 24.7. The highest BCUT2D eigenvalue weighted by Gasteiger charge is 2.33. The molecule has 1 aliphatic rings. The van der Waals surface area contributed by atoms with Crippen molar-refractivity contribution in [3.63, 3.8) is 0 Å². The predicted molar refractivity (Wildman–Crippen MR) is 62.3 cm³/mol. The lowest BCUT2D eigenvalue weighted by Crippen LogP contribution is -2.45. The van der Waals surface area contributed by atoms with Crippen LogP contribution in [-0.4, -0.2) is 35.7 Å². The number of hydrogen-bond acceptors (Lipinski definition) is 4. The number of carbonyl (C=O) groups excluding carboxylic acids is 2. The highest BCUT2D eigenvalue weighted by atomic mass is 16.6. The van der Waals surface area contributed by atoms with Crippen LogP contribution in [0, 0.1) is 0 Å². The first-order valence-corrected chi connectivity index (χ1v) is 5.61. The Kier molecular flexibility index (Phi) is 4.15. The summed E-state index contributed by atoms with van der Waals surface area (Å²) in [5.41, 5.74) is -0.580. The molecule has 0 aliphatic carbocycles. The number of hydrogen-bond donors (Lipinski definition) is 0. The van der Waals surface area contributed by atoms with E-state index < -0.39 is 23.7 Å². The average molecular weight is 241 g/mol. The average Bonchev–Trinajstić information content (AvgIpc) is 2.25. The van der Waals surface area contributed by atoms with Crippen molar-refractivity contribution in [3.05, 3.63) is 12.3 Å². The second-order valence-corrected chi connectivity index (χ2v) is 4.89. The zero-order valence-electron chi connectivity index (χ0n) is 10.7. The molecule has 0 N–H and O–H groups in total. The second-order valence-electron chi connectivity index (χ2n) is 4.89. The summed E-state index contributed by atoms with van der Waals surface area (Å²) < 4.78 is 9.91. The largest absolute Gasteiger partial charge is 0.467 e. The monoisotopic (exact) mass is 241 g/mol. The first kappa shape index (κ1) is 13.5. The fourth-order valence-corrected chi connectivity index (χ4v) is 1.56. The van der Waals surface area contributed by atoms with Crippen molar-refractivity contribution < 1.29 is 19.1 Å². The lowest BCUT2D eigenvalue weighted by Gasteiger charge is -2.31. The first-order chi connectivity index (χ1) is 7.85. The van der Waals surface area contributed by atoms with Crippen molar-refractivity contribution in [3.8, 4) is 0 Å². The van der Waals surface area contributed by atoms with Crippen LogP contribution >= 0.6 is 0 Å². The standard InChI is InChI=1S/C12H19NO4/c1-12(2,3)17-11(15)13-8-6-5-7-9(13)10(14)16-4/h6,8-9H,5,7H2,1-4H3/t9-/m0/s1. The van der Waals surface area contributed by atoms with E-state index in [1.165, 1.54) is 12.0 Å². The molecular formula is C12H19NO4. The van der Waals surface area contributed by atoms with Crippen molar-refractivity contribution in [1.82, 2.24) is 4.90 Å². The molecule has 0 fully saturated rings. The number of amides is 1. The van der Waals surface area contributed by atoms with Crippen molar-refractivity contribution in [2.24, 2.45) is 0 Å². The van der Waals surface area contributed by atoms with Crippen LogP contribution < -0.4 is 0 Å². The Morgan fingerprint density at radius 3 is 2.53 bits per heavy atom. The van der Waals surface area contributed by atoms with E-state index in [1.807, 2.05) is 6.08 Å². The zero-order valence-corrected chi connectivity index (χ0v) is 10.7. The summed E-state index contributed by atoms with van der Waals surface area (Å²) >= 11 is 0. The summed E-state index contributed by atoms with van der Waals surface area (Å²) in [5, 5.41) is 0. The Morgan fingerprint density at radius 1 is 1.35 bits per heavy atom. The van der Waals surface area contributed by atoms with E-state index in [-0.39, 0.29) is 0 Å². The van der Waals surface area contributed by atoms with Gasteiger partial charge in [0.25, 0.3) is 0 Å². The fraction of sp³-hybridized carbons (Fsp3) is 0.667. The molecule has 1 rings (SSSR count). The van der Waals surface area contributed by atoms with Gasteiger partial charge in [0, 0.05) is 6.20 Å². The van der Waals surface area contributed by atoms with E-state index >= 15 is 0 Å². The topological polar surface area (TPSA) is 55.8 Å². The molecule has 0 bridgehead atoms. The van der Waals surface area contributed by atoms with Crippen LogP contribution in [0.5, 0.6) is 0 Å². The van der Waals surface area contributed by atoms with Gasteiger partial charge in [-0.3, -0.25) is 4.90 Å².